The highest BCUT2D eigenvalue weighted by atomic mass is 32.2. The molecule has 4 rings (SSSR count). The molecule has 0 aliphatic carbocycles. The summed E-state index contributed by atoms with van der Waals surface area (Å²) in [5.41, 5.74) is 2.21. The Bertz CT molecular complexity index is 1130. The van der Waals surface area contributed by atoms with E-state index in [2.05, 4.69) is 15.2 Å². The maximum Gasteiger partial charge on any atom is 0.316 e. The number of hydrogen-bond donors (Lipinski definition) is 1. The van der Waals surface area contributed by atoms with Crippen molar-refractivity contribution in [2.24, 2.45) is 0 Å². The zero-order valence-electron chi connectivity index (χ0n) is 15.9. The summed E-state index contributed by atoms with van der Waals surface area (Å²) in [4.78, 5) is 26.9. The second-order valence-corrected chi connectivity index (χ2v) is 7.24. The highest BCUT2D eigenvalue weighted by Gasteiger charge is 2.18. The Kier molecular flexibility index (Phi) is 6.05. The molecule has 0 spiro atoms. The molecule has 0 saturated heterocycles. The first-order valence-electron chi connectivity index (χ1n) is 9.23. The molecule has 0 unspecified atom stereocenters. The number of thioether (sulfide) groups is 1. The summed E-state index contributed by atoms with van der Waals surface area (Å²) in [6, 6.07) is 22.8. The number of aromatic amines is 1. The molecular weight excluding hydrogens is 400 g/mol. The van der Waals surface area contributed by atoms with E-state index in [-0.39, 0.29) is 18.1 Å². The van der Waals surface area contributed by atoms with E-state index >= 15 is 0 Å². The standard InChI is InChI=1S/C22H18N4O3S/c27-19(18-12-7-13-23-18)14-29-20(28)15-30-22-25-24-21(16-8-3-1-4-9-16)26(22)17-10-5-2-6-11-17/h1-13,23H,14-15H2. The molecule has 0 amide bonds. The normalized spacial score (nSPS) is 10.7. The van der Waals surface area contributed by atoms with Gasteiger partial charge in [0.05, 0.1) is 11.4 Å². The molecule has 0 aliphatic heterocycles. The number of aromatic nitrogens is 4. The smallest absolute Gasteiger partial charge is 0.316 e. The number of Topliss-reactive ketones (excluding diaryl/α,β-unsaturated/α-hetero) is 1. The van der Waals surface area contributed by atoms with Gasteiger partial charge in [0.2, 0.25) is 5.78 Å². The quantitative estimate of drug-likeness (QED) is 0.266. The Morgan fingerprint density at radius 1 is 0.933 bits per heavy atom. The van der Waals surface area contributed by atoms with Crippen LogP contribution in [0.2, 0.25) is 0 Å². The van der Waals surface area contributed by atoms with Crippen LogP contribution in [-0.4, -0.2) is 43.9 Å². The Morgan fingerprint density at radius 3 is 2.37 bits per heavy atom. The number of H-pyrrole nitrogens is 1. The van der Waals surface area contributed by atoms with Gasteiger partial charge < -0.3 is 9.72 Å². The summed E-state index contributed by atoms with van der Waals surface area (Å²) >= 11 is 1.21. The van der Waals surface area contributed by atoms with Gasteiger partial charge in [-0.2, -0.15) is 0 Å². The number of para-hydroxylation sites is 1. The predicted molar refractivity (Wildman–Crippen MR) is 114 cm³/mol. The van der Waals surface area contributed by atoms with Gasteiger partial charge in [-0.3, -0.25) is 14.2 Å². The first-order valence-corrected chi connectivity index (χ1v) is 10.2. The molecule has 2 aromatic heterocycles. The molecule has 2 heterocycles. The van der Waals surface area contributed by atoms with E-state index in [1.54, 1.807) is 18.3 Å². The van der Waals surface area contributed by atoms with Crippen molar-refractivity contribution in [3.8, 4) is 17.1 Å². The van der Waals surface area contributed by atoms with E-state index in [0.717, 1.165) is 11.3 Å². The van der Waals surface area contributed by atoms with Crippen LogP contribution in [0.4, 0.5) is 0 Å². The summed E-state index contributed by atoms with van der Waals surface area (Å²) in [5.74, 6) is -0.0851. The number of nitrogens with one attached hydrogen (secondary N) is 1. The lowest BCUT2D eigenvalue weighted by molar-refractivity contribution is -0.139. The summed E-state index contributed by atoms with van der Waals surface area (Å²) in [6.07, 6.45) is 1.64. The van der Waals surface area contributed by atoms with Crippen molar-refractivity contribution in [3.05, 3.63) is 84.7 Å². The summed E-state index contributed by atoms with van der Waals surface area (Å²) < 4.78 is 7.00. The Labute approximate surface area is 177 Å². The molecule has 1 N–H and O–H groups in total. The number of nitrogens with zero attached hydrogens (tertiary/aromatic N) is 3. The second-order valence-electron chi connectivity index (χ2n) is 6.30. The molecule has 30 heavy (non-hydrogen) atoms. The number of rotatable bonds is 8. The van der Waals surface area contributed by atoms with E-state index in [1.807, 2.05) is 65.2 Å². The number of esters is 1. The fourth-order valence-corrected chi connectivity index (χ4v) is 3.59. The minimum absolute atomic E-state index is 0.0117. The number of ether oxygens (including phenoxy) is 1. The third-order valence-electron chi connectivity index (χ3n) is 4.26. The van der Waals surface area contributed by atoms with Gasteiger partial charge in [0.25, 0.3) is 0 Å². The van der Waals surface area contributed by atoms with E-state index < -0.39 is 5.97 Å². The number of ketones is 1. The van der Waals surface area contributed by atoms with E-state index in [4.69, 9.17) is 4.74 Å². The van der Waals surface area contributed by atoms with Crippen molar-refractivity contribution in [3.63, 3.8) is 0 Å². The minimum Gasteiger partial charge on any atom is -0.457 e. The molecule has 0 bridgehead atoms. The van der Waals surface area contributed by atoms with Crippen LogP contribution >= 0.6 is 11.8 Å². The third kappa shape index (κ3) is 4.49. The Balaban J connectivity index is 1.48. The number of hydrogen-bond acceptors (Lipinski definition) is 6. The summed E-state index contributed by atoms with van der Waals surface area (Å²) in [7, 11) is 0. The van der Waals surface area contributed by atoms with Gasteiger partial charge in [-0.1, -0.05) is 60.3 Å². The van der Waals surface area contributed by atoms with Gasteiger partial charge in [0.15, 0.2) is 17.6 Å². The maximum atomic E-state index is 12.2. The van der Waals surface area contributed by atoms with Crippen molar-refractivity contribution < 1.29 is 14.3 Å². The molecule has 0 fully saturated rings. The lowest BCUT2D eigenvalue weighted by Crippen LogP contribution is -2.16. The Morgan fingerprint density at radius 2 is 1.67 bits per heavy atom. The molecule has 7 nitrogen and oxygen atoms in total. The van der Waals surface area contributed by atoms with Crippen molar-refractivity contribution in [1.82, 2.24) is 19.7 Å². The molecule has 4 aromatic rings. The van der Waals surface area contributed by atoms with Gasteiger partial charge in [-0.05, 0) is 24.3 Å². The molecule has 0 saturated carbocycles. The highest BCUT2D eigenvalue weighted by Crippen LogP contribution is 2.27. The van der Waals surface area contributed by atoms with Crippen LogP contribution in [0.25, 0.3) is 17.1 Å². The van der Waals surface area contributed by atoms with Crippen molar-refractivity contribution in [2.45, 2.75) is 5.16 Å². The van der Waals surface area contributed by atoms with E-state index in [9.17, 15) is 9.59 Å². The number of benzene rings is 2. The molecule has 0 atom stereocenters. The molecule has 2 aromatic carbocycles. The van der Waals surface area contributed by atoms with Crippen LogP contribution in [-0.2, 0) is 9.53 Å². The molecular formula is C22H18N4O3S. The van der Waals surface area contributed by atoms with Gasteiger partial charge in [-0.25, -0.2) is 0 Å². The lowest BCUT2D eigenvalue weighted by Gasteiger charge is -2.10. The van der Waals surface area contributed by atoms with Crippen molar-refractivity contribution in [1.29, 1.82) is 0 Å². The monoisotopic (exact) mass is 418 g/mol. The second kappa shape index (κ2) is 9.23. The first-order chi connectivity index (χ1) is 14.7. The Hall–Kier alpha value is -3.65. The van der Waals surface area contributed by atoms with Crippen LogP contribution in [0.5, 0.6) is 0 Å². The summed E-state index contributed by atoms with van der Waals surface area (Å²) in [5, 5.41) is 9.17. The van der Waals surface area contributed by atoms with Crippen LogP contribution < -0.4 is 0 Å². The third-order valence-corrected chi connectivity index (χ3v) is 5.16. The van der Waals surface area contributed by atoms with E-state index in [0.29, 0.717) is 16.7 Å². The predicted octanol–water partition coefficient (Wildman–Crippen LogP) is 3.78. The minimum atomic E-state index is -0.497. The van der Waals surface area contributed by atoms with Crippen molar-refractivity contribution in [2.75, 3.05) is 12.4 Å². The fraction of sp³-hybridized carbons (Fsp3) is 0.0909. The van der Waals surface area contributed by atoms with Gasteiger partial charge in [-0.15, -0.1) is 10.2 Å². The SMILES string of the molecule is O=C(CSc1nnc(-c2ccccc2)n1-c1ccccc1)OCC(=O)c1ccc[nH]1. The van der Waals surface area contributed by atoms with Crippen LogP contribution in [0, 0.1) is 0 Å². The molecule has 8 heteroatoms. The zero-order valence-corrected chi connectivity index (χ0v) is 16.7. The van der Waals surface area contributed by atoms with Gasteiger partial charge in [0, 0.05) is 17.4 Å². The van der Waals surface area contributed by atoms with Crippen LogP contribution in [0.3, 0.4) is 0 Å². The largest absolute Gasteiger partial charge is 0.457 e. The average Bonchev–Trinajstić information content (AvgIpc) is 3.47. The number of carbonyl (C=O) groups is 2. The zero-order chi connectivity index (χ0) is 20.8. The highest BCUT2D eigenvalue weighted by molar-refractivity contribution is 7.99. The van der Waals surface area contributed by atoms with E-state index in [1.165, 1.54) is 11.8 Å². The number of carbonyl (C=O) groups excluding carboxylic acids is 2. The van der Waals surface area contributed by atoms with Crippen LogP contribution in [0.1, 0.15) is 10.5 Å². The van der Waals surface area contributed by atoms with Gasteiger partial charge in [0.1, 0.15) is 0 Å². The average molecular weight is 418 g/mol. The topological polar surface area (TPSA) is 89.9 Å². The first kappa shape index (κ1) is 19.7. The fourth-order valence-electron chi connectivity index (χ4n) is 2.84. The molecule has 0 radical (unpaired) electrons. The van der Waals surface area contributed by atoms with Gasteiger partial charge >= 0.3 is 5.97 Å². The maximum absolute atomic E-state index is 12.2. The van der Waals surface area contributed by atoms with Crippen LogP contribution in [0.15, 0.2) is 84.1 Å². The molecule has 0 aliphatic rings. The summed E-state index contributed by atoms with van der Waals surface area (Å²) in [6.45, 7) is -0.305. The van der Waals surface area contributed by atoms with Crippen molar-refractivity contribution >= 4 is 23.5 Å². The molecule has 150 valence electrons. The lowest BCUT2D eigenvalue weighted by atomic mass is 10.2.